The van der Waals surface area contributed by atoms with Crippen molar-refractivity contribution in [2.45, 2.75) is 68.2 Å². The van der Waals surface area contributed by atoms with Crippen LogP contribution in [0.25, 0.3) is 0 Å². The molecule has 0 radical (unpaired) electrons. The zero-order chi connectivity index (χ0) is 27.4. The van der Waals surface area contributed by atoms with Crippen LogP contribution >= 0.6 is 11.8 Å². The molecule has 7 nitrogen and oxygen atoms in total. The monoisotopic (exact) mass is 539 g/mol. The fraction of sp³-hybridized carbons (Fsp3) is 0.567. The summed E-state index contributed by atoms with van der Waals surface area (Å²) in [4.78, 5) is 47.7. The van der Waals surface area contributed by atoms with E-state index in [1.54, 1.807) is 45.5 Å². The summed E-state index contributed by atoms with van der Waals surface area (Å²) in [6, 6.07) is 8.61. The van der Waals surface area contributed by atoms with Gasteiger partial charge in [-0.1, -0.05) is 55.8 Å². The molecule has 3 heterocycles. The number of carbonyl (C=O) groups is 3. The van der Waals surface area contributed by atoms with Crippen molar-refractivity contribution in [1.29, 1.82) is 0 Å². The first-order chi connectivity index (χ1) is 18.3. The van der Waals surface area contributed by atoms with Gasteiger partial charge in [0.05, 0.1) is 29.2 Å². The lowest BCUT2D eigenvalue weighted by atomic mass is 9.70. The first-order valence-electron chi connectivity index (χ1n) is 13.8. The summed E-state index contributed by atoms with van der Waals surface area (Å²) in [7, 11) is 0. The average Bonchev–Trinajstić information content (AvgIpc) is 3.57. The van der Waals surface area contributed by atoms with Crippen LogP contribution in [0.2, 0.25) is 0 Å². The van der Waals surface area contributed by atoms with E-state index in [0.29, 0.717) is 32.6 Å². The Bertz CT molecular complexity index is 1050. The van der Waals surface area contributed by atoms with Crippen LogP contribution in [0.15, 0.2) is 55.6 Å². The van der Waals surface area contributed by atoms with Gasteiger partial charge in [0, 0.05) is 31.4 Å². The van der Waals surface area contributed by atoms with Crippen molar-refractivity contribution in [3.63, 3.8) is 0 Å². The van der Waals surface area contributed by atoms with Crippen LogP contribution in [0, 0.1) is 11.8 Å². The first-order valence-corrected chi connectivity index (χ1v) is 14.7. The summed E-state index contributed by atoms with van der Waals surface area (Å²) in [6.45, 7) is 13.2. The Morgan fingerprint density at radius 3 is 2.50 bits per heavy atom. The summed E-state index contributed by atoms with van der Waals surface area (Å²) < 4.78 is -0.666. The van der Waals surface area contributed by atoms with Crippen molar-refractivity contribution >= 4 is 29.5 Å². The van der Waals surface area contributed by atoms with Crippen molar-refractivity contribution in [2.24, 2.45) is 11.8 Å². The van der Waals surface area contributed by atoms with Crippen LogP contribution in [-0.4, -0.2) is 85.8 Å². The van der Waals surface area contributed by atoms with Gasteiger partial charge in [-0.05, 0) is 31.7 Å². The van der Waals surface area contributed by atoms with Gasteiger partial charge in [0.15, 0.2) is 0 Å². The van der Waals surface area contributed by atoms with Crippen molar-refractivity contribution in [3.8, 4) is 0 Å². The van der Waals surface area contributed by atoms with Gasteiger partial charge in [0.2, 0.25) is 17.7 Å². The molecule has 3 saturated heterocycles. The topological polar surface area (TPSA) is 81.2 Å². The fourth-order valence-electron chi connectivity index (χ4n) is 6.59. The van der Waals surface area contributed by atoms with Crippen LogP contribution in [0.5, 0.6) is 0 Å². The minimum atomic E-state index is -0.700. The normalized spacial score (nSPS) is 28.2. The molecular weight excluding hydrogens is 498 g/mol. The number of hydrogen-bond donors (Lipinski definition) is 1. The number of aliphatic hydroxyl groups excluding tert-OH is 1. The number of fused-ring (bicyclic) bond motifs is 1. The van der Waals surface area contributed by atoms with E-state index in [1.165, 1.54) is 0 Å². The molecule has 3 amide bonds. The summed E-state index contributed by atoms with van der Waals surface area (Å²) in [5.41, 5.74) is 1.02. The molecule has 4 rings (SSSR count). The molecule has 0 aliphatic carbocycles. The van der Waals surface area contributed by atoms with E-state index in [0.717, 1.165) is 24.8 Å². The zero-order valence-corrected chi connectivity index (χ0v) is 23.4. The third-order valence-electron chi connectivity index (χ3n) is 8.32. The summed E-state index contributed by atoms with van der Waals surface area (Å²) in [5.74, 6) is -1.40. The van der Waals surface area contributed by atoms with Gasteiger partial charge in [-0.15, -0.1) is 24.9 Å². The molecule has 6 atom stereocenters. The number of rotatable bonds is 13. The number of benzene rings is 1. The lowest BCUT2D eigenvalue weighted by molar-refractivity contribution is -0.146. The Kier molecular flexibility index (Phi) is 9.04. The number of amides is 3. The van der Waals surface area contributed by atoms with Crippen molar-refractivity contribution in [1.82, 2.24) is 14.7 Å². The predicted octanol–water partition coefficient (Wildman–Crippen LogP) is 3.49. The van der Waals surface area contributed by atoms with Crippen LogP contribution in [0.3, 0.4) is 0 Å². The van der Waals surface area contributed by atoms with E-state index >= 15 is 0 Å². The standard InChI is InChI=1S/C30H41N3O4S/c1-5-8-18-31(16-6-2)29(37)26-30-15-14-23(38-30)24(25(30)28(36)33(26)21(4)20-34)27(35)32(17-7-3)19-22-12-10-9-11-13-22/h6-7,9-13,21,23-26,34H,2-3,5,8,14-20H2,1,4H3/t21-,23+,24-,25+,26?,30?/m1/s1. The number of carbonyl (C=O) groups excluding carboxylic acids is 3. The molecule has 3 aliphatic heterocycles. The second-order valence-corrected chi connectivity index (χ2v) is 12.4. The predicted molar refractivity (Wildman–Crippen MR) is 151 cm³/mol. The van der Waals surface area contributed by atoms with Crippen molar-refractivity contribution < 1.29 is 19.5 Å². The minimum Gasteiger partial charge on any atom is -0.394 e. The largest absolute Gasteiger partial charge is 0.394 e. The lowest BCUT2D eigenvalue weighted by Crippen LogP contribution is -2.57. The highest BCUT2D eigenvalue weighted by molar-refractivity contribution is 8.02. The van der Waals surface area contributed by atoms with E-state index in [2.05, 4.69) is 20.1 Å². The van der Waals surface area contributed by atoms with E-state index < -0.39 is 28.7 Å². The van der Waals surface area contributed by atoms with Crippen LogP contribution in [0.1, 0.15) is 45.1 Å². The maximum Gasteiger partial charge on any atom is 0.247 e. The molecular formula is C30H41N3O4S. The zero-order valence-electron chi connectivity index (χ0n) is 22.6. The molecule has 1 aromatic rings. The maximum atomic E-state index is 14.2. The second kappa shape index (κ2) is 12.1. The first kappa shape index (κ1) is 28.4. The van der Waals surface area contributed by atoms with E-state index in [1.807, 2.05) is 30.3 Å². The highest BCUT2D eigenvalue weighted by Crippen LogP contribution is 2.67. The summed E-state index contributed by atoms with van der Waals surface area (Å²) >= 11 is 1.67. The molecule has 0 saturated carbocycles. The number of likely N-dealkylation sites (tertiary alicyclic amines) is 1. The van der Waals surface area contributed by atoms with E-state index in [4.69, 9.17) is 0 Å². The van der Waals surface area contributed by atoms with Crippen LogP contribution in [-0.2, 0) is 20.9 Å². The number of unbranched alkanes of at least 4 members (excludes halogenated alkanes) is 1. The van der Waals surface area contributed by atoms with Crippen LogP contribution in [0.4, 0.5) is 0 Å². The molecule has 0 aromatic heterocycles. The Morgan fingerprint density at radius 2 is 1.87 bits per heavy atom. The van der Waals surface area contributed by atoms with E-state index in [9.17, 15) is 19.5 Å². The molecule has 8 heteroatoms. The molecule has 1 spiro atoms. The van der Waals surface area contributed by atoms with Gasteiger partial charge in [0.25, 0.3) is 0 Å². The maximum absolute atomic E-state index is 14.2. The second-order valence-electron chi connectivity index (χ2n) is 10.8. The Morgan fingerprint density at radius 1 is 1.18 bits per heavy atom. The van der Waals surface area contributed by atoms with Gasteiger partial charge in [-0.3, -0.25) is 14.4 Å². The van der Waals surface area contributed by atoms with Crippen molar-refractivity contribution in [2.75, 3.05) is 26.2 Å². The fourth-order valence-corrected chi connectivity index (χ4v) is 8.78. The number of aliphatic hydroxyl groups is 1. The molecule has 3 aliphatic rings. The number of hydrogen-bond acceptors (Lipinski definition) is 5. The Hall–Kier alpha value is -2.58. The molecule has 3 fully saturated rings. The number of nitrogens with zero attached hydrogens (tertiary/aromatic N) is 3. The summed E-state index contributed by atoms with van der Waals surface area (Å²) in [5, 5.41) is 10.1. The van der Waals surface area contributed by atoms with Gasteiger partial charge >= 0.3 is 0 Å². The molecule has 1 aromatic carbocycles. The Labute approximate surface area is 230 Å². The quantitative estimate of drug-likeness (QED) is 0.388. The summed E-state index contributed by atoms with van der Waals surface area (Å²) in [6.07, 6.45) is 6.76. The highest BCUT2D eigenvalue weighted by Gasteiger charge is 2.74. The van der Waals surface area contributed by atoms with E-state index in [-0.39, 0.29) is 29.6 Å². The van der Waals surface area contributed by atoms with Gasteiger partial charge < -0.3 is 19.8 Å². The minimum absolute atomic E-state index is 0.00934. The van der Waals surface area contributed by atoms with Crippen molar-refractivity contribution in [3.05, 3.63) is 61.2 Å². The smallest absolute Gasteiger partial charge is 0.247 e. The Balaban J connectivity index is 1.70. The lowest BCUT2D eigenvalue weighted by Gasteiger charge is -2.39. The average molecular weight is 540 g/mol. The number of thioether (sulfide) groups is 1. The molecule has 38 heavy (non-hydrogen) atoms. The third kappa shape index (κ3) is 4.93. The molecule has 2 bridgehead atoms. The van der Waals surface area contributed by atoms with Gasteiger partial charge in [-0.2, -0.15) is 0 Å². The van der Waals surface area contributed by atoms with Gasteiger partial charge in [0.1, 0.15) is 6.04 Å². The third-order valence-corrected chi connectivity index (χ3v) is 10.3. The molecule has 206 valence electrons. The molecule has 2 unspecified atom stereocenters. The van der Waals surface area contributed by atoms with Crippen LogP contribution < -0.4 is 0 Å². The highest BCUT2D eigenvalue weighted by atomic mass is 32.2. The SMILES string of the molecule is C=CCN(CCCC)C(=O)C1N([C@H](C)CO)C(=O)[C@@H]2[C@H](C(=O)N(CC=C)Cc3ccccc3)[C@@H]3CCC12S3. The molecule has 1 N–H and O–H groups in total. The van der Waals surface area contributed by atoms with Gasteiger partial charge in [-0.25, -0.2) is 0 Å².